The van der Waals surface area contributed by atoms with Crippen molar-refractivity contribution in [2.45, 2.75) is 19.4 Å². The van der Waals surface area contributed by atoms with Gasteiger partial charge in [-0.25, -0.2) is 0 Å². The molecule has 1 heterocycles. The average molecular weight is 183 g/mol. The zero-order valence-corrected chi connectivity index (χ0v) is 8.25. The summed E-state index contributed by atoms with van der Waals surface area (Å²) in [4.78, 5) is 0. The van der Waals surface area contributed by atoms with Crippen LogP contribution in [-0.2, 0) is 4.74 Å². The summed E-state index contributed by atoms with van der Waals surface area (Å²) in [6.45, 7) is 3.54. The van der Waals surface area contributed by atoms with Crippen LogP contribution >= 0.6 is 0 Å². The number of ether oxygens (including phenoxy) is 1. The van der Waals surface area contributed by atoms with E-state index in [-0.39, 0.29) is 6.04 Å². The Balaban J connectivity index is 2.35. The zero-order chi connectivity index (χ0) is 9.52. The molecule has 0 fully saturated rings. The summed E-state index contributed by atoms with van der Waals surface area (Å²) >= 11 is 0. The van der Waals surface area contributed by atoms with E-state index in [1.807, 2.05) is 26.1 Å². The Hall–Kier alpha value is -0.800. The lowest BCUT2D eigenvalue weighted by molar-refractivity contribution is 0.134. The maximum Gasteiger partial charge on any atom is 0.120 e. The molecule has 0 spiro atoms. The first-order valence-electron chi connectivity index (χ1n) is 4.67. The minimum atomic E-state index is 0.265. The highest BCUT2D eigenvalue weighted by atomic mass is 16.5. The smallest absolute Gasteiger partial charge is 0.120 e. The molecule has 0 bridgehead atoms. The van der Waals surface area contributed by atoms with Gasteiger partial charge in [-0.05, 0) is 32.5 Å². The van der Waals surface area contributed by atoms with Crippen LogP contribution < -0.4 is 5.32 Å². The number of nitrogens with one attached hydrogen (secondary N) is 1. The van der Waals surface area contributed by atoms with Crippen molar-refractivity contribution in [2.24, 2.45) is 0 Å². The van der Waals surface area contributed by atoms with Gasteiger partial charge in [0.2, 0.25) is 0 Å². The Kier molecular flexibility index (Phi) is 4.57. The van der Waals surface area contributed by atoms with Crippen molar-refractivity contribution in [3.63, 3.8) is 0 Å². The van der Waals surface area contributed by atoms with Crippen LogP contribution in [0.4, 0.5) is 0 Å². The second kappa shape index (κ2) is 5.78. The molecule has 0 amide bonds. The van der Waals surface area contributed by atoms with Gasteiger partial charge < -0.3 is 14.5 Å². The molecule has 1 unspecified atom stereocenters. The van der Waals surface area contributed by atoms with Crippen molar-refractivity contribution in [1.82, 2.24) is 5.32 Å². The molecule has 0 aliphatic rings. The Labute approximate surface area is 79.1 Å². The SMILES string of the molecule is CCOCCC(NC)c1ccco1. The van der Waals surface area contributed by atoms with Crippen LogP contribution in [0, 0.1) is 0 Å². The predicted molar refractivity (Wildman–Crippen MR) is 51.6 cm³/mol. The summed E-state index contributed by atoms with van der Waals surface area (Å²) in [5.74, 6) is 0.974. The summed E-state index contributed by atoms with van der Waals surface area (Å²) in [6.07, 6.45) is 2.64. The van der Waals surface area contributed by atoms with Gasteiger partial charge in [0.05, 0.1) is 12.3 Å². The van der Waals surface area contributed by atoms with E-state index in [4.69, 9.17) is 9.15 Å². The van der Waals surface area contributed by atoms with Gasteiger partial charge in [0.25, 0.3) is 0 Å². The molecular weight excluding hydrogens is 166 g/mol. The maximum atomic E-state index is 5.30. The molecule has 1 atom stereocenters. The van der Waals surface area contributed by atoms with Gasteiger partial charge >= 0.3 is 0 Å². The number of furan rings is 1. The minimum Gasteiger partial charge on any atom is -0.468 e. The Bertz CT molecular complexity index is 209. The summed E-state index contributed by atoms with van der Waals surface area (Å²) in [6, 6.07) is 4.15. The van der Waals surface area contributed by atoms with Crippen LogP contribution in [0.1, 0.15) is 25.1 Å². The molecule has 1 aromatic heterocycles. The molecule has 0 aromatic carbocycles. The van der Waals surface area contributed by atoms with Crippen LogP contribution in [0.5, 0.6) is 0 Å². The molecule has 1 N–H and O–H groups in total. The summed E-state index contributed by atoms with van der Waals surface area (Å²) < 4.78 is 10.6. The standard InChI is InChI=1S/C10H17NO2/c1-3-12-8-6-9(11-2)10-5-4-7-13-10/h4-5,7,9,11H,3,6,8H2,1-2H3. The fraction of sp³-hybridized carbons (Fsp3) is 0.600. The molecule has 3 nitrogen and oxygen atoms in total. The molecule has 1 rings (SSSR count). The lowest BCUT2D eigenvalue weighted by Crippen LogP contribution is -2.17. The second-order valence-electron chi connectivity index (χ2n) is 2.84. The third-order valence-corrected chi connectivity index (χ3v) is 1.99. The van der Waals surface area contributed by atoms with E-state index < -0.39 is 0 Å². The molecule has 0 saturated heterocycles. The number of hydrogen-bond acceptors (Lipinski definition) is 3. The van der Waals surface area contributed by atoms with Crippen molar-refractivity contribution >= 4 is 0 Å². The Morgan fingerprint density at radius 2 is 2.46 bits per heavy atom. The van der Waals surface area contributed by atoms with Gasteiger partial charge in [-0.2, -0.15) is 0 Å². The Morgan fingerprint density at radius 3 is 3.00 bits per heavy atom. The van der Waals surface area contributed by atoms with Gasteiger partial charge in [0.15, 0.2) is 0 Å². The lowest BCUT2D eigenvalue weighted by Gasteiger charge is -2.12. The molecular formula is C10H17NO2. The van der Waals surface area contributed by atoms with Crippen molar-refractivity contribution in [2.75, 3.05) is 20.3 Å². The first-order chi connectivity index (χ1) is 6.38. The van der Waals surface area contributed by atoms with Gasteiger partial charge in [-0.15, -0.1) is 0 Å². The molecule has 0 saturated carbocycles. The monoisotopic (exact) mass is 183 g/mol. The highest BCUT2D eigenvalue weighted by Crippen LogP contribution is 2.16. The third kappa shape index (κ3) is 3.20. The lowest BCUT2D eigenvalue weighted by atomic mass is 10.1. The van der Waals surface area contributed by atoms with Crippen LogP contribution in [0.15, 0.2) is 22.8 Å². The molecule has 3 heteroatoms. The quantitative estimate of drug-likeness (QED) is 0.685. The first-order valence-corrected chi connectivity index (χ1v) is 4.67. The molecule has 1 aromatic rings. The van der Waals surface area contributed by atoms with E-state index in [1.54, 1.807) is 6.26 Å². The molecule has 13 heavy (non-hydrogen) atoms. The highest BCUT2D eigenvalue weighted by Gasteiger charge is 2.10. The van der Waals surface area contributed by atoms with Crippen molar-refractivity contribution in [1.29, 1.82) is 0 Å². The average Bonchev–Trinajstić information content (AvgIpc) is 2.65. The van der Waals surface area contributed by atoms with Crippen LogP contribution in [0.25, 0.3) is 0 Å². The summed E-state index contributed by atoms with van der Waals surface area (Å²) in [5.41, 5.74) is 0. The molecule has 0 aliphatic carbocycles. The fourth-order valence-corrected chi connectivity index (χ4v) is 1.26. The van der Waals surface area contributed by atoms with Crippen LogP contribution in [0.2, 0.25) is 0 Å². The highest BCUT2D eigenvalue weighted by molar-refractivity contribution is 5.03. The van der Waals surface area contributed by atoms with E-state index >= 15 is 0 Å². The van der Waals surface area contributed by atoms with Gasteiger partial charge in [-0.3, -0.25) is 0 Å². The van der Waals surface area contributed by atoms with E-state index in [1.165, 1.54) is 0 Å². The van der Waals surface area contributed by atoms with E-state index in [2.05, 4.69) is 5.32 Å². The molecule has 0 radical (unpaired) electrons. The van der Waals surface area contributed by atoms with Crippen molar-refractivity contribution < 1.29 is 9.15 Å². The fourth-order valence-electron chi connectivity index (χ4n) is 1.26. The number of rotatable bonds is 6. The summed E-state index contributed by atoms with van der Waals surface area (Å²) in [5, 5.41) is 3.19. The first kappa shape index (κ1) is 10.3. The normalized spacial score (nSPS) is 13.1. The van der Waals surface area contributed by atoms with Gasteiger partial charge in [-0.1, -0.05) is 0 Å². The molecule has 0 aliphatic heterocycles. The van der Waals surface area contributed by atoms with Crippen LogP contribution in [0.3, 0.4) is 0 Å². The van der Waals surface area contributed by atoms with E-state index in [9.17, 15) is 0 Å². The largest absolute Gasteiger partial charge is 0.468 e. The van der Waals surface area contributed by atoms with Gasteiger partial charge in [0.1, 0.15) is 5.76 Å². The minimum absolute atomic E-state index is 0.265. The second-order valence-corrected chi connectivity index (χ2v) is 2.84. The zero-order valence-electron chi connectivity index (χ0n) is 8.25. The number of hydrogen-bond donors (Lipinski definition) is 1. The summed E-state index contributed by atoms with van der Waals surface area (Å²) in [7, 11) is 1.93. The van der Waals surface area contributed by atoms with Crippen LogP contribution in [-0.4, -0.2) is 20.3 Å². The van der Waals surface area contributed by atoms with Gasteiger partial charge in [0, 0.05) is 13.2 Å². The van der Waals surface area contributed by atoms with Crippen molar-refractivity contribution in [3.05, 3.63) is 24.2 Å². The molecule has 74 valence electrons. The predicted octanol–water partition coefficient (Wildman–Crippen LogP) is 1.97. The topological polar surface area (TPSA) is 34.4 Å². The van der Waals surface area contributed by atoms with E-state index in [0.29, 0.717) is 0 Å². The van der Waals surface area contributed by atoms with E-state index in [0.717, 1.165) is 25.4 Å². The van der Waals surface area contributed by atoms with Crippen molar-refractivity contribution in [3.8, 4) is 0 Å². The maximum absolute atomic E-state index is 5.30. The Morgan fingerprint density at radius 1 is 1.62 bits per heavy atom. The third-order valence-electron chi connectivity index (χ3n) is 1.99.